The number of alkyl carbamates (subject to hydrolysis) is 1. The molecule has 0 radical (unpaired) electrons. The standard InChI is InChI=1S/C27H40N4O5/c1-10-18-14-12-13-15-19(18)22(23(33)29-17(3)4)31(27(8,9)11-2)24(34)20(16-21(28)32)30-25(35)36-26(5,6)7/h1,12-15,17,20,22H,11,16H2,2-9H3,(H2,28,32)(H,29,33)(H,30,35). The highest BCUT2D eigenvalue weighted by atomic mass is 16.6. The third-order valence-electron chi connectivity index (χ3n) is 5.50. The van der Waals surface area contributed by atoms with Crippen molar-refractivity contribution in [2.24, 2.45) is 5.73 Å². The van der Waals surface area contributed by atoms with Crippen molar-refractivity contribution < 1.29 is 23.9 Å². The fourth-order valence-electron chi connectivity index (χ4n) is 3.59. The summed E-state index contributed by atoms with van der Waals surface area (Å²) >= 11 is 0. The van der Waals surface area contributed by atoms with E-state index in [0.29, 0.717) is 17.5 Å². The van der Waals surface area contributed by atoms with Crippen molar-refractivity contribution in [1.82, 2.24) is 15.5 Å². The molecule has 2 atom stereocenters. The Hall–Kier alpha value is -3.54. The van der Waals surface area contributed by atoms with E-state index in [1.54, 1.807) is 72.7 Å². The number of rotatable bonds is 10. The van der Waals surface area contributed by atoms with Gasteiger partial charge in [-0.2, -0.15) is 0 Å². The number of terminal acetylenes is 1. The number of amides is 4. The second-order valence-corrected chi connectivity index (χ2v) is 10.5. The molecule has 0 heterocycles. The summed E-state index contributed by atoms with van der Waals surface area (Å²) in [6.45, 7) is 14.1. The van der Waals surface area contributed by atoms with E-state index < -0.39 is 53.5 Å². The van der Waals surface area contributed by atoms with Crippen LogP contribution < -0.4 is 16.4 Å². The van der Waals surface area contributed by atoms with Gasteiger partial charge in [0.25, 0.3) is 0 Å². The van der Waals surface area contributed by atoms with E-state index in [1.807, 2.05) is 6.92 Å². The molecule has 4 amide bonds. The summed E-state index contributed by atoms with van der Waals surface area (Å²) in [4.78, 5) is 53.5. The smallest absolute Gasteiger partial charge is 0.408 e. The first-order valence-corrected chi connectivity index (χ1v) is 12.0. The monoisotopic (exact) mass is 500 g/mol. The molecule has 0 aromatic heterocycles. The van der Waals surface area contributed by atoms with Crippen LogP contribution >= 0.6 is 0 Å². The number of nitrogens with one attached hydrogen (secondary N) is 2. The average Bonchev–Trinajstić information content (AvgIpc) is 2.74. The second-order valence-electron chi connectivity index (χ2n) is 10.5. The Morgan fingerprint density at radius 1 is 1.08 bits per heavy atom. The first-order valence-electron chi connectivity index (χ1n) is 12.0. The molecule has 198 valence electrons. The molecule has 1 aromatic carbocycles. The van der Waals surface area contributed by atoms with E-state index in [0.717, 1.165) is 0 Å². The van der Waals surface area contributed by atoms with Crippen LogP contribution in [-0.2, 0) is 19.1 Å². The quantitative estimate of drug-likeness (QED) is 0.425. The summed E-state index contributed by atoms with van der Waals surface area (Å²) in [5.74, 6) is 0.674. The van der Waals surface area contributed by atoms with Crippen LogP contribution in [0, 0.1) is 12.3 Å². The lowest BCUT2D eigenvalue weighted by Gasteiger charge is -2.45. The van der Waals surface area contributed by atoms with Crippen LogP contribution in [0.2, 0.25) is 0 Å². The Labute approximate surface area is 214 Å². The fourth-order valence-corrected chi connectivity index (χ4v) is 3.59. The number of hydrogen-bond acceptors (Lipinski definition) is 5. The summed E-state index contributed by atoms with van der Waals surface area (Å²) < 4.78 is 5.29. The van der Waals surface area contributed by atoms with Crippen LogP contribution in [0.4, 0.5) is 4.79 Å². The first-order chi connectivity index (χ1) is 16.5. The molecular weight excluding hydrogens is 460 g/mol. The number of ether oxygens (including phenoxy) is 1. The minimum atomic E-state index is -1.37. The molecule has 0 spiro atoms. The largest absolute Gasteiger partial charge is 0.444 e. The molecule has 2 unspecified atom stereocenters. The molecular formula is C27H40N4O5. The van der Waals surface area contributed by atoms with Crippen LogP contribution in [0.15, 0.2) is 24.3 Å². The highest BCUT2D eigenvalue weighted by Gasteiger charge is 2.44. The first kappa shape index (κ1) is 30.5. The Balaban J connectivity index is 3.74. The minimum Gasteiger partial charge on any atom is -0.444 e. The molecule has 0 aliphatic carbocycles. The van der Waals surface area contributed by atoms with Crippen LogP contribution in [0.25, 0.3) is 0 Å². The molecule has 9 heteroatoms. The van der Waals surface area contributed by atoms with E-state index in [-0.39, 0.29) is 6.04 Å². The van der Waals surface area contributed by atoms with Crippen LogP contribution in [0.5, 0.6) is 0 Å². The van der Waals surface area contributed by atoms with Gasteiger partial charge >= 0.3 is 6.09 Å². The number of hydrogen-bond donors (Lipinski definition) is 3. The predicted octanol–water partition coefficient (Wildman–Crippen LogP) is 3.02. The molecule has 0 aliphatic rings. The summed E-state index contributed by atoms with van der Waals surface area (Å²) in [6, 6.07) is 4.12. The van der Waals surface area contributed by atoms with Gasteiger partial charge in [-0.25, -0.2) is 4.79 Å². The number of primary amides is 1. The number of benzene rings is 1. The zero-order valence-corrected chi connectivity index (χ0v) is 22.6. The lowest BCUT2D eigenvalue weighted by atomic mass is 9.90. The maximum Gasteiger partial charge on any atom is 0.408 e. The third kappa shape index (κ3) is 8.59. The molecule has 0 saturated heterocycles. The highest BCUT2D eigenvalue weighted by Crippen LogP contribution is 2.34. The van der Waals surface area contributed by atoms with E-state index >= 15 is 0 Å². The lowest BCUT2D eigenvalue weighted by Crippen LogP contribution is -2.60. The summed E-state index contributed by atoms with van der Waals surface area (Å²) in [5.41, 5.74) is 4.60. The van der Waals surface area contributed by atoms with Crippen molar-refractivity contribution >= 4 is 23.8 Å². The fraction of sp³-hybridized carbons (Fsp3) is 0.556. The molecule has 0 bridgehead atoms. The summed E-state index contributed by atoms with van der Waals surface area (Å²) in [5, 5.41) is 5.34. The van der Waals surface area contributed by atoms with Gasteiger partial charge in [-0.3, -0.25) is 14.4 Å². The Kier molecular flexibility index (Phi) is 10.5. The van der Waals surface area contributed by atoms with Gasteiger partial charge in [-0.05, 0) is 66.5 Å². The Morgan fingerprint density at radius 3 is 2.14 bits per heavy atom. The van der Waals surface area contributed by atoms with Crippen molar-refractivity contribution in [3.63, 3.8) is 0 Å². The molecule has 0 aliphatic heterocycles. The average molecular weight is 501 g/mol. The molecule has 0 saturated carbocycles. The Bertz CT molecular complexity index is 1000. The molecule has 1 aromatic rings. The second kappa shape index (κ2) is 12.4. The van der Waals surface area contributed by atoms with Crippen molar-refractivity contribution in [2.45, 2.75) is 97.5 Å². The maximum atomic E-state index is 14.1. The van der Waals surface area contributed by atoms with E-state index in [9.17, 15) is 19.2 Å². The number of nitrogens with zero attached hydrogens (tertiary/aromatic N) is 1. The zero-order chi connectivity index (χ0) is 27.8. The minimum absolute atomic E-state index is 0.221. The van der Waals surface area contributed by atoms with Gasteiger partial charge in [-0.15, -0.1) is 6.42 Å². The molecule has 1 rings (SSSR count). The molecule has 9 nitrogen and oxygen atoms in total. The number of nitrogens with two attached hydrogens (primary N) is 1. The lowest BCUT2D eigenvalue weighted by molar-refractivity contribution is -0.150. The Morgan fingerprint density at radius 2 is 1.67 bits per heavy atom. The number of carbonyl (C=O) groups excluding carboxylic acids is 4. The van der Waals surface area contributed by atoms with Gasteiger partial charge in [0.15, 0.2) is 0 Å². The van der Waals surface area contributed by atoms with Crippen LogP contribution in [-0.4, -0.2) is 51.9 Å². The van der Waals surface area contributed by atoms with Crippen LogP contribution in [0.1, 0.15) is 85.4 Å². The highest BCUT2D eigenvalue weighted by molar-refractivity contribution is 5.95. The maximum absolute atomic E-state index is 14.1. The van der Waals surface area contributed by atoms with E-state index in [4.69, 9.17) is 16.9 Å². The van der Waals surface area contributed by atoms with Gasteiger partial charge in [-0.1, -0.05) is 31.0 Å². The van der Waals surface area contributed by atoms with E-state index in [1.165, 1.54) is 4.90 Å². The molecule has 0 fully saturated rings. The van der Waals surface area contributed by atoms with Gasteiger partial charge in [0, 0.05) is 17.1 Å². The topological polar surface area (TPSA) is 131 Å². The van der Waals surface area contributed by atoms with Crippen molar-refractivity contribution in [3.8, 4) is 12.3 Å². The molecule has 36 heavy (non-hydrogen) atoms. The van der Waals surface area contributed by atoms with Crippen molar-refractivity contribution in [1.29, 1.82) is 0 Å². The van der Waals surface area contributed by atoms with Gasteiger partial charge in [0.1, 0.15) is 17.7 Å². The third-order valence-corrected chi connectivity index (χ3v) is 5.50. The van der Waals surface area contributed by atoms with Gasteiger partial charge in [0.05, 0.1) is 6.42 Å². The molecule has 4 N–H and O–H groups in total. The number of carbonyl (C=O) groups is 4. The summed E-state index contributed by atoms with van der Waals surface area (Å²) in [7, 11) is 0. The predicted molar refractivity (Wildman–Crippen MR) is 139 cm³/mol. The van der Waals surface area contributed by atoms with Gasteiger partial charge in [0.2, 0.25) is 17.7 Å². The zero-order valence-electron chi connectivity index (χ0n) is 22.6. The normalized spacial score (nSPS) is 13.2. The van der Waals surface area contributed by atoms with E-state index in [2.05, 4.69) is 16.6 Å². The van der Waals surface area contributed by atoms with Crippen LogP contribution in [0.3, 0.4) is 0 Å². The summed E-state index contributed by atoms with van der Waals surface area (Å²) in [6.07, 6.45) is 4.83. The van der Waals surface area contributed by atoms with Crippen molar-refractivity contribution in [2.75, 3.05) is 0 Å². The van der Waals surface area contributed by atoms with Crippen molar-refractivity contribution in [3.05, 3.63) is 35.4 Å². The van der Waals surface area contributed by atoms with Gasteiger partial charge < -0.3 is 26.0 Å². The SMILES string of the molecule is C#Cc1ccccc1C(C(=O)NC(C)C)N(C(=O)C(CC(N)=O)NC(=O)OC(C)(C)C)C(C)(C)CC.